The first-order valence-electron chi connectivity index (χ1n) is 5.09. The van der Waals surface area contributed by atoms with E-state index in [2.05, 4.69) is 0 Å². The molecule has 0 atom stereocenters. The Hall–Kier alpha value is -1.63. The van der Waals surface area contributed by atoms with Crippen LogP contribution in [0.5, 0.6) is 0 Å². The Morgan fingerprint density at radius 1 is 1.33 bits per heavy atom. The summed E-state index contributed by atoms with van der Waals surface area (Å²) in [5.41, 5.74) is -0.635. The van der Waals surface area contributed by atoms with Crippen molar-refractivity contribution >= 4 is 5.91 Å². The van der Waals surface area contributed by atoms with Crippen LogP contribution in [-0.2, 0) is 0 Å². The van der Waals surface area contributed by atoms with Gasteiger partial charge in [0.1, 0.15) is 11.6 Å². The number of benzene rings is 1. The van der Waals surface area contributed by atoms with Gasteiger partial charge in [-0.3, -0.25) is 4.79 Å². The summed E-state index contributed by atoms with van der Waals surface area (Å²) < 4.78 is 50.6. The molecule has 1 N–H and O–H groups in total. The predicted octanol–water partition coefficient (Wildman–Crippen LogP) is 1.66. The highest BCUT2D eigenvalue weighted by Gasteiger charge is 2.22. The summed E-state index contributed by atoms with van der Waals surface area (Å²) >= 11 is 0. The molecule has 1 amide bonds. The number of amides is 1. The van der Waals surface area contributed by atoms with Crippen molar-refractivity contribution < 1.29 is 27.5 Å². The number of hydrogen-bond acceptors (Lipinski definition) is 2. The number of hydrogen-bond donors (Lipinski definition) is 1. The average Bonchev–Trinajstić information content (AvgIpc) is 2.30. The lowest BCUT2D eigenvalue weighted by molar-refractivity contribution is 0.0505. The van der Waals surface area contributed by atoms with Gasteiger partial charge in [-0.05, 0) is 18.2 Å². The Labute approximate surface area is 101 Å². The van der Waals surface area contributed by atoms with Crippen molar-refractivity contribution in [2.24, 2.45) is 0 Å². The molecular weight excluding hydrogens is 254 g/mol. The Morgan fingerprint density at radius 2 is 2.00 bits per heavy atom. The third-order valence-corrected chi connectivity index (χ3v) is 2.17. The molecule has 0 fully saturated rings. The van der Waals surface area contributed by atoms with Gasteiger partial charge in [0.2, 0.25) is 0 Å². The molecule has 0 bridgehead atoms. The van der Waals surface area contributed by atoms with E-state index in [1.807, 2.05) is 0 Å². The standard InChI is InChI=1S/C11H11F4NO2/c12-7-1-2-9(13)8(5-7)11(18)16(3-4-17)6-10(14)15/h1-2,5,10,17H,3-4,6H2. The molecule has 1 aromatic carbocycles. The van der Waals surface area contributed by atoms with Crippen molar-refractivity contribution in [2.45, 2.75) is 6.43 Å². The first kappa shape index (κ1) is 14.4. The van der Waals surface area contributed by atoms with Gasteiger partial charge in [-0.1, -0.05) is 0 Å². The van der Waals surface area contributed by atoms with Crippen molar-refractivity contribution in [1.29, 1.82) is 0 Å². The van der Waals surface area contributed by atoms with Gasteiger partial charge in [-0.2, -0.15) is 0 Å². The van der Waals surface area contributed by atoms with Crippen LogP contribution in [0.3, 0.4) is 0 Å². The molecule has 0 aliphatic carbocycles. The van der Waals surface area contributed by atoms with Gasteiger partial charge in [-0.25, -0.2) is 17.6 Å². The number of aliphatic hydroxyl groups excluding tert-OH is 1. The largest absolute Gasteiger partial charge is 0.395 e. The van der Waals surface area contributed by atoms with Crippen molar-refractivity contribution in [3.63, 3.8) is 0 Å². The maximum Gasteiger partial charge on any atom is 0.257 e. The highest BCUT2D eigenvalue weighted by Crippen LogP contribution is 2.13. The smallest absolute Gasteiger partial charge is 0.257 e. The zero-order valence-corrected chi connectivity index (χ0v) is 9.25. The minimum atomic E-state index is -2.82. The average molecular weight is 265 g/mol. The molecule has 0 unspecified atom stereocenters. The second-order valence-electron chi connectivity index (χ2n) is 3.49. The molecule has 7 heteroatoms. The summed E-state index contributed by atoms with van der Waals surface area (Å²) in [6.07, 6.45) is -2.82. The lowest BCUT2D eigenvalue weighted by Gasteiger charge is -2.21. The van der Waals surface area contributed by atoms with E-state index in [-0.39, 0.29) is 6.54 Å². The van der Waals surface area contributed by atoms with Crippen molar-refractivity contribution in [3.05, 3.63) is 35.4 Å². The molecule has 1 aromatic rings. The molecule has 0 radical (unpaired) electrons. The Bertz CT molecular complexity index is 426. The molecule has 0 heterocycles. The summed E-state index contributed by atoms with van der Waals surface area (Å²) in [4.78, 5) is 12.3. The van der Waals surface area contributed by atoms with E-state index in [1.165, 1.54) is 0 Å². The Balaban J connectivity index is 2.97. The normalized spacial score (nSPS) is 10.8. The summed E-state index contributed by atoms with van der Waals surface area (Å²) in [6.45, 7) is -1.87. The van der Waals surface area contributed by atoms with E-state index < -0.39 is 42.7 Å². The van der Waals surface area contributed by atoms with E-state index >= 15 is 0 Å². The number of nitrogens with zero attached hydrogens (tertiary/aromatic N) is 1. The van der Waals surface area contributed by atoms with Crippen molar-refractivity contribution in [2.75, 3.05) is 19.7 Å². The predicted molar refractivity (Wildman–Crippen MR) is 55.4 cm³/mol. The van der Waals surface area contributed by atoms with E-state index in [0.717, 1.165) is 12.1 Å². The lowest BCUT2D eigenvalue weighted by Crippen LogP contribution is -2.37. The number of rotatable bonds is 5. The van der Waals surface area contributed by atoms with Crippen LogP contribution in [0.2, 0.25) is 0 Å². The first-order valence-corrected chi connectivity index (χ1v) is 5.09. The van der Waals surface area contributed by atoms with Crippen LogP contribution < -0.4 is 0 Å². The summed E-state index contributed by atoms with van der Waals surface area (Å²) in [6, 6.07) is 2.19. The van der Waals surface area contributed by atoms with Gasteiger partial charge in [0.05, 0.1) is 18.7 Å². The maximum atomic E-state index is 13.3. The topological polar surface area (TPSA) is 40.5 Å². The molecule has 0 aliphatic heterocycles. The van der Waals surface area contributed by atoms with Crippen molar-refractivity contribution in [1.82, 2.24) is 4.90 Å². The van der Waals surface area contributed by atoms with Crippen LogP contribution in [0, 0.1) is 11.6 Å². The second kappa shape index (κ2) is 6.34. The molecule has 0 spiro atoms. The van der Waals surface area contributed by atoms with Crippen LogP contribution in [0.25, 0.3) is 0 Å². The zero-order chi connectivity index (χ0) is 13.7. The summed E-state index contributed by atoms with van der Waals surface area (Å²) in [5, 5.41) is 8.66. The van der Waals surface area contributed by atoms with E-state index in [0.29, 0.717) is 11.0 Å². The van der Waals surface area contributed by atoms with Gasteiger partial charge in [-0.15, -0.1) is 0 Å². The molecule has 18 heavy (non-hydrogen) atoms. The molecule has 0 aromatic heterocycles. The molecule has 1 rings (SSSR count). The quantitative estimate of drug-likeness (QED) is 0.823. The third kappa shape index (κ3) is 3.69. The molecule has 3 nitrogen and oxygen atoms in total. The highest BCUT2D eigenvalue weighted by molar-refractivity contribution is 5.94. The van der Waals surface area contributed by atoms with E-state index in [9.17, 15) is 22.4 Å². The minimum absolute atomic E-state index is 0.376. The number of halogens is 4. The van der Waals surface area contributed by atoms with Crippen molar-refractivity contribution in [3.8, 4) is 0 Å². The van der Waals surface area contributed by atoms with Crippen LogP contribution in [0.4, 0.5) is 17.6 Å². The lowest BCUT2D eigenvalue weighted by atomic mass is 10.1. The molecule has 0 saturated heterocycles. The third-order valence-electron chi connectivity index (χ3n) is 2.17. The van der Waals surface area contributed by atoms with Crippen LogP contribution in [0.15, 0.2) is 18.2 Å². The van der Waals surface area contributed by atoms with Gasteiger partial charge in [0.15, 0.2) is 0 Å². The highest BCUT2D eigenvalue weighted by atomic mass is 19.3. The molecular formula is C11H11F4NO2. The molecule has 0 saturated carbocycles. The van der Waals surface area contributed by atoms with E-state index in [1.54, 1.807) is 0 Å². The fourth-order valence-electron chi connectivity index (χ4n) is 1.39. The van der Waals surface area contributed by atoms with Crippen LogP contribution >= 0.6 is 0 Å². The van der Waals surface area contributed by atoms with E-state index in [4.69, 9.17) is 5.11 Å². The van der Waals surface area contributed by atoms with Gasteiger partial charge in [0.25, 0.3) is 12.3 Å². The number of aliphatic hydroxyl groups is 1. The Morgan fingerprint density at radius 3 is 2.56 bits per heavy atom. The fraction of sp³-hybridized carbons (Fsp3) is 0.364. The van der Waals surface area contributed by atoms with Crippen LogP contribution in [0.1, 0.15) is 10.4 Å². The van der Waals surface area contributed by atoms with Gasteiger partial charge < -0.3 is 10.0 Å². The van der Waals surface area contributed by atoms with Gasteiger partial charge >= 0.3 is 0 Å². The number of carbonyl (C=O) groups is 1. The second-order valence-corrected chi connectivity index (χ2v) is 3.49. The zero-order valence-electron chi connectivity index (χ0n) is 9.25. The fourth-order valence-corrected chi connectivity index (χ4v) is 1.39. The molecule has 0 aliphatic rings. The maximum absolute atomic E-state index is 13.3. The molecule has 100 valence electrons. The summed E-state index contributed by atoms with van der Waals surface area (Å²) in [7, 11) is 0. The SMILES string of the molecule is O=C(c1cc(F)ccc1F)N(CCO)CC(F)F. The number of alkyl halides is 2. The van der Waals surface area contributed by atoms with Crippen LogP contribution in [-0.4, -0.2) is 42.0 Å². The summed E-state index contributed by atoms with van der Waals surface area (Å²) in [5.74, 6) is -2.93. The number of carbonyl (C=O) groups excluding carboxylic acids is 1. The Kier molecular flexibility index (Phi) is 5.08. The van der Waals surface area contributed by atoms with Gasteiger partial charge in [0, 0.05) is 6.54 Å². The minimum Gasteiger partial charge on any atom is -0.395 e. The monoisotopic (exact) mass is 265 g/mol. The first-order chi connectivity index (χ1) is 8.45.